The van der Waals surface area contributed by atoms with E-state index in [-0.39, 0.29) is 0 Å². The van der Waals surface area contributed by atoms with Gasteiger partial charge in [0.25, 0.3) is 0 Å². The van der Waals surface area contributed by atoms with Crippen molar-refractivity contribution in [1.82, 2.24) is 0 Å². The van der Waals surface area contributed by atoms with E-state index in [2.05, 4.69) is 0 Å². The van der Waals surface area contributed by atoms with Crippen LogP contribution in [0.3, 0.4) is 0 Å². The summed E-state index contributed by atoms with van der Waals surface area (Å²) in [6.07, 6.45) is -0.582. The molecule has 0 saturated carbocycles. The van der Waals surface area contributed by atoms with Gasteiger partial charge in [0.1, 0.15) is 12.0 Å². The Labute approximate surface area is 67.2 Å². The number of rotatable bonds is 3. The lowest BCUT2D eigenvalue weighted by Crippen LogP contribution is -2.59. The van der Waals surface area contributed by atoms with Crippen molar-refractivity contribution in [1.29, 1.82) is 0 Å². The minimum Gasteiger partial charge on any atom is -0.378 e. The van der Waals surface area contributed by atoms with E-state index in [9.17, 15) is 5.11 Å². The molecule has 0 aliphatic carbocycles. The average Bonchev–Trinajstić information content (AvgIpc) is 1.83. The van der Waals surface area contributed by atoms with Crippen LogP contribution in [0.1, 0.15) is 27.2 Å². The average molecular weight is 162 g/mol. The van der Waals surface area contributed by atoms with Crippen LogP contribution in [-0.4, -0.2) is 22.2 Å². The Bertz CT molecular complexity index is 131. The molecule has 0 spiro atoms. The summed E-state index contributed by atoms with van der Waals surface area (Å²) < 4.78 is 0. The molecule has 0 aromatic carbocycles. The summed E-state index contributed by atoms with van der Waals surface area (Å²) in [5, 5.41) is 18.6. The van der Waals surface area contributed by atoms with Crippen LogP contribution in [0.25, 0.3) is 0 Å². The van der Waals surface area contributed by atoms with Crippen LogP contribution in [-0.2, 0) is 0 Å². The first kappa shape index (κ1) is 10.8. The molecule has 0 aliphatic heterocycles. The van der Waals surface area contributed by atoms with Gasteiger partial charge in [0.2, 0.25) is 0 Å². The predicted molar refractivity (Wildman–Crippen MR) is 43.4 cm³/mol. The van der Waals surface area contributed by atoms with E-state index < -0.39 is 17.4 Å². The largest absolute Gasteiger partial charge is 0.378 e. The van der Waals surface area contributed by atoms with Gasteiger partial charge >= 0.3 is 0 Å². The molecule has 0 amide bonds. The third kappa shape index (κ3) is 1.90. The SMILES string of the molecule is CCC(C)(C(N)O)C(C)(N)O. The lowest BCUT2D eigenvalue weighted by atomic mass is 9.76. The quantitative estimate of drug-likeness (QED) is 0.415. The molecule has 68 valence electrons. The van der Waals surface area contributed by atoms with Crippen LogP contribution < -0.4 is 11.5 Å². The molecule has 0 aromatic heterocycles. The van der Waals surface area contributed by atoms with Crippen molar-refractivity contribution in [2.24, 2.45) is 16.9 Å². The third-order valence-corrected chi connectivity index (χ3v) is 2.54. The summed E-state index contributed by atoms with van der Waals surface area (Å²) >= 11 is 0. The monoisotopic (exact) mass is 162 g/mol. The van der Waals surface area contributed by atoms with Gasteiger partial charge in [-0.15, -0.1) is 0 Å². The van der Waals surface area contributed by atoms with E-state index in [1.54, 1.807) is 6.92 Å². The van der Waals surface area contributed by atoms with Crippen LogP contribution in [0.4, 0.5) is 0 Å². The molecule has 0 heterocycles. The van der Waals surface area contributed by atoms with Gasteiger partial charge < -0.3 is 21.7 Å². The first-order chi connectivity index (χ1) is 4.75. The first-order valence-electron chi connectivity index (χ1n) is 3.70. The maximum absolute atomic E-state index is 9.44. The van der Waals surface area contributed by atoms with Crippen LogP contribution in [0.15, 0.2) is 0 Å². The molecular formula is C7H18N2O2. The topological polar surface area (TPSA) is 92.5 Å². The lowest BCUT2D eigenvalue weighted by Gasteiger charge is -2.41. The summed E-state index contributed by atoms with van der Waals surface area (Å²) in [6.45, 7) is 4.90. The van der Waals surface area contributed by atoms with Crippen molar-refractivity contribution in [3.63, 3.8) is 0 Å². The van der Waals surface area contributed by atoms with Crippen LogP contribution >= 0.6 is 0 Å². The van der Waals surface area contributed by atoms with E-state index >= 15 is 0 Å². The molecule has 0 bridgehead atoms. The standard InChI is InChI=1S/C7H18N2O2/c1-4-6(2,5(8)10)7(3,9)11/h5,10-11H,4,8-9H2,1-3H3. The van der Waals surface area contributed by atoms with Crippen molar-refractivity contribution in [3.05, 3.63) is 0 Å². The molecule has 4 heteroatoms. The van der Waals surface area contributed by atoms with Crippen molar-refractivity contribution in [3.8, 4) is 0 Å². The van der Waals surface area contributed by atoms with Gasteiger partial charge in [0, 0.05) is 5.41 Å². The molecular weight excluding hydrogens is 144 g/mol. The predicted octanol–water partition coefficient (Wildman–Crippen LogP) is -0.653. The van der Waals surface area contributed by atoms with Gasteiger partial charge in [0.15, 0.2) is 0 Å². The molecule has 6 N–H and O–H groups in total. The smallest absolute Gasteiger partial charge is 0.119 e. The highest BCUT2D eigenvalue weighted by atomic mass is 16.3. The molecule has 4 nitrogen and oxygen atoms in total. The highest BCUT2D eigenvalue weighted by Crippen LogP contribution is 2.32. The fourth-order valence-corrected chi connectivity index (χ4v) is 0.866. The van der Waals surface area contributed by atoms with E-state index in [4.69, 9.17) is 16.6 Å². The number of nitrogens with two attached hydrogens (primary N) is 2. The fourth-order valence-electron chi connectivity index (χ4n) is 0.866. The van der Waals surface area contributed by atoms with Gasteiger partial charge in [-0.1, -0.05) is 13.8 Å². The second-order valence-corrected chi connectivity index (χ2v) is 3.36. The first-order valence-corrected chi connectivity index (χ1v) is 3.70. The summed E-state index contributed by atoms with van der Waals surface area (Å²) in [4.78, 5) is 0. The van der Waals surface area contributed by atoms with Crippen molar-refractivity contribution >= 4 is 0 Å². The molecule has 0 radical (unpaired) electrons. The Balaban J connectivity index is 4.61. The van der Waals surface area contributed by atoms with Crippen LogP contribution in [0.2, 0.25) is 0 Å². The van der Waals surface area contributed by atoms with E-state index in [1.165, 1.54) is 6.92 Å². The van der Waals surface area contributed by atoms with E-state index in [0.29, 0.717) is 6.42 Å². The van der Waals surface area contributed by atoms with Crippen molar-refractivity contribution in [2.45, 2.75) is 39.1 Å². The summed E-state index contributed by atoms with van der Waals surface area (Å²) in [5.41, 5.74) is 8.42. The minimum atomic E-state index is -1.45. The molecule has 3 atom stereocenters. The Hall–Kier alpha value is -0.160. The molecule has 11 heavy (non-hydrogen) atoms. The Morgan fingerprint density at radius 3 is 1.82 bits per heavy atom. The normalized spacial score (nSPS) is 25.4. The van der Waals surface area contributed by atoms with Gasteiger partial charge in [-0.3, -0.25) is 0 Å². The van der Waals surface area contributed by atoms with Gasteiger partial charge in [0.05, 0.1) is 0 Å². The number of hydrogen-bond donors (Lipinski definition) is 4. The Kier molecular flexibility index (Phi) is 3.02. The van der Waals surface area contributed by atoms with Gasteiger partial charge in [-0.2, -0.15) is 0 Å². The molecule has 0 saturated heterocycles. The third-order valence-electron chi connectivity index (χ3n) is 2.54. The van der Waals surface area contributed by atoms with Crippen LogP contribution in [0, 0.1) is 5.41 Å². The van der Waals surface area contributed by atoms with Crippen molar-refractivity contribution in [2.75, 3.05) is 0 Å². The molecule has 0 aromatic rings. The minimum absolute atomic E-state index is 0.522. The molecule has 0 fully saturated rings. The van der Waals surface area contributed by atoms with E-state index in [1.807, 2.05) is 6.92 Å². The maximum atomic E-state index is 9.44. The summed E-state index contributed by atoms with van der Waals surface area (Å²) in [5.74, 6) is 0. The molecule has 3 unspecified atom stereocenters. The summed E-state index contributed by atoms with van der Waals surface area (Å²) in [7, 11) is 0. The zero-order chi connectivity index (χ0) is 9.28. The molecule has 0 aliphatic rings. The van der Waals surface area contributed by atoms with Gasteiger partial charge in [-0.25, -0.2) is 0 Å². The maximum Gasteiger partial charge on any atom is 0.119 e. The van der Waals surface area contributed by atoms with Gasteiger partial charge in [-0.05, 0) is 13.3 Å². The second-order valence-electron chi connectivity index (χ2n) is 3.36. The summed E-state index contributed by atoms with van der Waals surface area (Å²) in [6, 6.07) is 0. The number of aliphatic hydroxyl groups excluding tert-OH is 1. The highest BCUT2D eigenvalue weighted by Gasteiger charge is 2.43. The van der Waals surface area contributed by atoms with E-state index in [0.717, 1.165) is 0 Å². The fraction of sp³-hybridized carbons (Fsp3) is 1.00. The lowest BCUT2D eigenvalue weighted by molar-refractivity contribution is -0.121. The number of hydrogen-bond acceptors (Lipinski definition) is 4. The second kappa shape index (κ2) is 3.06. The molecule has 0 rings (SSSR count). The Morgan fingerprint density at radius 1 is 1.45 bits per heavy atom. The Morgan fingerprint density at radius 2 is 1.82 bits per heavy atom. The van der Waals surface area contributed by atoms with Crippen molar-refractivity contribution < 1.29 is 10.2 Å². The zero-order valence-electron chi connectivity index (χ0n) is 7.33. The number of aliphatic hydroxyl groups is 2. The zero-order valence-corrected chi connectivity index (χ0v) is 7.33. The highest BCUT2D eigenvalue weighted by molar-refractivity contribution is 4.90. The van der Waals surface area contributed by atoms with Crippen LogP contribution in [0.5, 0.6) is 0 Å².